The Hall–Kier alpha value is -0.0800. The minimum atomic E-state index is 0.200. The van der Waals surface area contributed by atoms with Crippen molar-refractivity contribution in [3.63, 3.8) is 0 Å². The van der Waals surface area contributed by atoms with Gasteiger partial charge in [0.2, 0.25) is 0 Å². The van der Waals surface area contributed by atoms with Gasteiger partial charge in [0.1, 0.15) is 0 Å². The molecule has 2 heteroatoms. The van der Waals surface area contributed by atoms with Crippen LogP contribution in [-0.4, -0.2) is 25.8 Å². The first-order valence-electron chi connectivity index (χ1n) is 4.44. The number of rotatable bonds is 3. The van der Waals surface area contributed by atoms with Gasteiger partial charge in [-0.25, -0.2) is 0 Å². The first kappa shape index (κ1) is 7.56. The molecule has 2 rings (SSSR count). The van der Waals surface area contributed by atoms with Crippen molar-refractivity contribution in [3.8, 4) is 0 Å². The molecule has 1 aliphatic heterocycles. The minimum absolute atomic E-state index is 0.200. The summed E-state index contributed by atoms with van der Waals surface area (Å²) in [5.41, 5.74) is 0.823. The van der Waals surface area contributed by atoms with E-state index in [1.54, 1.807) is 0 Å². The normalized spacial score (nSPS) is 31.1. The van der Waals surface area contributed by atoms with Gasteiger partial charge >= 0.3 is 0 Å². The summed E-state index contributed by atoms with van der Waals surface area (Å²) in [6.45, 7) is 4.48. The number of hydrogen-bond acceptors (Lipinski definition) is 2. The second-order valence-corrected chi connectivity index (χ2v) is 4.48. The van der Waals surface area contributed by atoms with Crippen molar-refractivity contribution in [2.45, 2.75) is 31.8 Å². The summed E-state index contributed by atoms with van der Waals surface area (Å²) in [6, 6.07) is 0. The van der Waals surface area contributed by atoms with E-state index in [-0.39, 0.29) is 5.60 Å². The number of methoxy groups -OCH3 is 1. The van der Waals surface area contributed by atoms with E-state index in [0.29, 0.717) is 5.41 Å². The molecule has 0 radical (unpaired) electrons. The highest BCUT2D eigenvalue weighted by molar-refractivity contribution is 5.03. The maximum atomic E-state index is 5.53. The van der Waals surface area contributed by atoms with E-state index in [9.17, 15) is 0 Å². The van der Waals surface area contributed by atoms with Gasteiger partial charge in [-0.05, 0) is 24.7 Å². The Morgan fingerprint density at radius 2 is 2.00 bits per heavy atom. The molecule has 0 spiro atoms. The maximum Gasteiger partial charge on any atom is 0.0931 e. The zero-order valence-corrected chi connectivity index (χ0v) is 7.44. The number of hydrogen-bond donors (Lipinski definition) is 1. The summed E-state index contributed by atoms with van der Waals surface area (Å²) in [5, 5.41) is 3.28. The second-order valence-electron chi connectivity index (χ2n) is 4.48. The van der Waals surface area contributed by atoms with Crippen LogP contribution in [-0.2, 0) is 4.74 Å². The molecule has 2 fully saturated rings. The van der Waals surface area contributed by atoms with Gasteiger partial charge in [-0.1, -0.05) is 6.92 Å². The van der Waals surface area contributed by atoms with Crippen molar-refractivity contribution in [2.24, 2.45) is 5.41 Å². The van der Waals surface area contributed by atoms with Gasteiger partial charge in [0.25, 0.3) is 0 Å². The lowest BCUT2D eigenvalue weighted by Crippen LogP contribution is -2.61. The van der Waals surface area contributed by atoms with Crippen LogP contribution in [0.3, 0.4) is 0 Å². The van der Waals surface area contributed by atoms with Crippen LogP contribution in [0.25, 0.3) is 0 Å². The van der Waals surface area contributed by atoms with E-state index < -0.39 is 0 Å². The van der Waals surface area contributed by atoms with Gasteiger partial charge in [0.05, 0.1) is 5.60 Å². The summed E-state index contributed by atoms with van der Waals surface area (Å²) in [6.07, 6.45) is 4.06. The summed E-state index contributed by atoms with van der Waals surface area (Å²) in [7, 11) is 1.84. The van der Waals surface area contributed by atoms with E-state index in [0.717, 1.165) is 13.1 Å². The predicted octanol–water partition coefficient (Wildman–Crippen LogP) is 1.17. The third-order valence-corrected chi connectivity index (χ3v) is 3.18. The Labute approximate surface area is 68.3 Å². The summed E-state index contributed by atoms with van der Waals surface area (Å²) >= 11 is 0. The fourth-order valence-electron chi connectivity index (χ4n) is 1.91. The Kier molecular flexibility index (Phi) is 1.52. The highest BCUT2D eigenvalue weighted by Gasteiger charge is 2.48. The zero-order valence-electron chi connectivity index (χ0n) is 7.44. The lowest BCUT2D eigenvalue weighted by atomic mass is 9.84. The number of nitrogens with one attached hydrogen (secondary N) is 1. The molecule has 0 amide bonds. The predicted molar refractivity (Wildman–Crippen MR) is 44.6 cm³/mol. The van der Waals surface area contributed by atoms with Crippen molar-refractivity contribution in [2.75, 3.05) is 20.2 Å². The van der Waals surface area contributed by atoms with Crippen LogP contribution in [0, 0.1) is 5.41 Å². The molecule has 2 aliphatic rings. The van der Waals surface area contributed by atoms with Gasteiger partial charge in [0.15, 0.2) is 0 Å². The highest BCUT2D eigenvalue weighted by Crippen LogP contribution is 2.51. The monoisotopic (exact) mass is 155 g/mol. The van der Waals surface area contributed by atoms with Crippen molar-refractivity contribution >= 4 is 0 Å². The van der Waals surface area contributed by atoms with Crippen molar-refractivity contribution in [1.29, 1.82) is 0 Å². The summed E-state index contributed by atoms with van der Waals surface area (Å²) in [5.74, 6) is 0. The molecule has 0 aromatic rings. The van der Waals surface area contributed by atoms with E-state index in [4.69, 9.17) is 4.74 Å². The summed E-state index contributed by atoms with van der Waals surface area (Å²) < 4.78 is 5.53. The quantitative estimate of drug-likeness (QED) is 0.660. The van der Waals surface area contributed by atoms with Crippen LogP contribution in [0.5, 0.6) is 0 Å². The zero-order chi connectivity index (χ0) is 7.95. The molecule has 0 aromatic heterocycles. The van der Waals surface area contributed by atoms with Crippen molar-refractivity contribution in [1.82, 2.24) is 5.32 Å². The van der Waals surface area contributed by atoms with E-state index >= 15 is 0 Å². The Morgan fingerprint density at radius 3 is 2.27 bits per heavy atom. The largest absolute Gasteiger partial charge is 0.376 e. The van der Waals surface area contributed by atoms with Crippen LogP contribution in [0.1, 0.15) is 26.2 Å². The lowest BCUT2D eigenvalue weighted by molar-refractivity contribution is -0.0691. The molecular formula is C9H17NO. The van der Waals surface area contributed by atoms with Gasteiger partial charge < -0.3 is 10.1 Å². The Balaban J connectivity index is 1.91. The molecule has 11 heavy (non-hydrogen) atoms. The molecule has 2 nitrogen and oxygen atoms in total. The van der Waals surface area contributed by atoms with Crippen LogP contribution in [0.15, 0.2) is 0 Å². The van der Waals surface area contributed by atoms with Crippen molar-refractivity contribution in [3.05, 3.63) is 0 Å². The second kappa shape index (κ2) is 2.20. The molecule has 1 aliphatic carbocycles. The maximum absolute atomic E-state index is 5.53. The van der Waals surface area contributed by atoms with Crippen LogP contribution >= 0.6 is 0 Å². The highest BCUT2D eigenvalue weighted by atomic mass is 16.5. The third-order valence-electron chi connectivity index (χ3n) is 3.18. The average molecular weight is 155 g/mol. The van der Waals surface area contributed by atoms with Crippen LogP contribution < -0.4 is 5.32 Å². The van der Waals surface area contributed by atoms with Crippen LogP contribution in [0.2, 0.25) is 0 Å². The lowest BCUT2D eigenvalue weighted by Gasteiger charge is -2.43. The molecule has 0 bridgehead atoms. The Bertz CT molecular complexity index is 153. The molecule has 1 saturated heterocycles. The van der Waals surface area contributed by atoms with E-state index in [1.165, 1.54) is 19.3 Å². The molecular weight excluding hydrogens is 138 g/mol. The van der Waals surface area contributed by atoms with E-state index in [1.807, 2.05) is 7.11 Å². The third kappa shape index (κ3) is 1.30. The molecule has 0 atom stereocenters. The van der Waals surface area contributed by atoms with Gasteiger partial charge in [-0.15, -0.1) is 0 Å². The van der Waals surface area contributed by atoms with Gasteiger partial charge in [-0.2, -0.15) is 0 Å². The molecule has 0 unspecified atom stereocenters. The smallest absolute Gasteiger partial charge is 0.0931 e. The fraction of sp³-hybridized carbons (Fsp3) is 1.00. The first-order valence-corrected chi connectivity index (χ1v) is 4.44. The van der Waals surface area contributed by atoms with E-state index in [2.05, 4.69) is 12.2 Å². The first-order chi connectivity index (χ1) is 5.18. The Morgan fingerprint density at radius 1 is 1.36 bits per heavy atom. The van der Waals surface area contributed by atoms with Crippen molar-refractivity contribution < 1.29 is 4.74 Å². The fourth-order valence-corrected chi connectivity index (χ4v) is 1.91. The van der Waals surface area contributed by atoms with Gasteiger partial charge in [0, 0.05) is 20.2 Å². The average Bonchev–Trinajstić information content (AvgIpc) is 2.60. The molecule has 1 saturated carbocycles. The standard InChI is InChI=1S/C9H17NO/c1-8(3-4-8)5-9(11-2)6-10-7-9/h10H,3-7H2,1-2H3. The van der Waals surface area contributed by atoms with Crippen LogP contribution in [0.4, 0.5) is 0 Å². The topological polar surface area (TPSA) is 21.3 Å². The molecule has 0 aromatic carbocycles. The molecule has 1 heterocycles. The SMILES string of the molecule is COC1(CC2(C)CC2)CNC1. The number of ether oxygens (including phenoxy) is 1. The minimum Gasteiger partial charge on any atom is -0.376 e. The van der Waals surface area contributed by atoms with Gasteiger partial charge in [-0.3, -0.25) is 0 Å². The molecule has 1 N–H and O–H groups in total. The molecule has 64 valence electrons. The summed E-state index contributed by atoms with van der Waals surface area (Å²) in [4.78, 5) is 0.